The molecular formula is C20H25N5O3. The maximum Gasteiger partial charge on any atom is 0.295 e. The normalized spacial score (nSPS) is 19.0. The van der Waals surface area contributed by atoms with Crippen molar-refractivity contribution < 1.29 is 14.7 Å². The summed E-state index contributed by atoms with van der Waals surface area (Å²) in [5.74, 6) is -1.53. The molecule has 1 aliphatic rings. The van der Waals surface area contributed by atoms with E-state index >= 15 is 0 Å². The summed E-state index contributed by atoms with van der Waals surface area (Å²) in [6.07, 6.45) is 2.32. The van der Waals surface area contributed by atoms with Gasteiger partial charge in [0.05, 0.1) is 22.5 Å². The highest BCUT2D eigenvalue weighted by molar-refractivity contribution is 6.46. The van der Waals surface area contributed by atoms with E-state index in [1.54, 1.807) is 38.2 Å². The second-order valence-corrected chi connectivity index (χ2v) is 7.21. The quantitative estimate of drug-likeness (QED) is 0.448. The maximum atomic E-state index is 12.9. The number of carbonyl (C=O) groups excluding carboxylic acids is 2. The summed E-state index contributed by atoms with van der Waals surface area (Å²) in [5.41, 5.74) is 2.25. The number of amides is 1. The van der Waals surface area contributed by atoms with Gasteiger partial charge in [-0.05, 0) is 53.0 Å². The van der Waals surface area contributed by atoms with Crippen molar-refractivity contribution >= 4 is 17.4 Å². The molecule has 28 heavy (non-hydrogen) atoms. The number of Topliss-reactive ketones (excluding diaryl/α,β-unsaturated/α-hetero) is 1. The van der Waals surface area contributed by atoms with Crippen molar-refractivity contribution in [1.82, 2.24) is 25.0 Å². The van der Waals surface area contributed by atoms with Crippen molar-refractivity contribution in [2.24, 2.45) is 0 Å². The minimum Gasteiger partial charge on any atom is -0.507 e. The van der Waals surface area contributed by atoms with Gasteiger partial charge < -0.3 is 14.9 Å². The number of nitrogens with one attached hydrogen (secondary N) is 1. The summed E-state index contributed by atoms with van der Waals surface area (Å²) >= 11 is 0. The molecule has 8 nitrogen and oxygen atoms in total. The zero-order chi connectivity index (χ0) is 20.4. The van der Waals surface area contributed by atoms with E-state index in [1.807, 2.05) is 19.0 Å². The van der Waals surface area contributed by atoms with Crippen LogP contribution in [0, 0.1) is 13.8 Å². The molecule has 1 amide bonds. The standard InChI is InChI=1S/C20H25N5O3/c1-12-15(13(2)23-22-12)18(26)16-17(14-8-5-6-9-21-14)25(20(28)19(16)27)11-7-10-24(3)4/h5-6,8-9,17,26H,7,10-11H2,1-4H3,(H,22,23)/b18-16+/t17-/m1/s1. The average molecular weight is 383 g/mol. The Morgan fingerprint density at radius 2 is 2.04 bits per heavy atom. The molecule has 1 saturated heterocycles. The molecule has 0 unspecified atom stereocenters. The average Bonchev–Trinajstić information content (AvgIpc) is 3.12. The van der Waals surface area contributed by atoms with Crippen molar-refractivity contribution in [2.45, 2.75) is 26.3 Å². The summed E-state index contributed by atoms with van der Waals surface area (Å²) < 4.78 is 0. The smallest absolute Gasteiger partial charge is 0.295 e. The van der Waals surface area contributed by atoms with Gasteiger partial charge in [-0.15, -0.1) is 0 Å². The molecule has 3 rings (SSSR count). The molecule has 0 bridgehead atoms. The molecule has 2 aromatic rings. The number of aliphatic hydroxyl groups is 1. The number of ketones is 1. The van der Waals surface area contributed by atoms with Crippen LogP contribution in [0.15, 0.2) is 30.0 Å². The Hall–Kier alpha value is -3.00. The second-order valence-electron chi connectivity index (χ2n) is 7.21. The molecule has 2 aromatic heterocycles. The second kappa shape index (κ2) is 7.93. The third-order valence-corrected chi connectivity index (χ3v) is 4.88. The SMILES string of the molecule is Cc1n[nH]c(C)c1/C(O)=C1\C(=O)C(=O)N(CCCN(C)C)[C@@H]1c1ccccn1. The Morgan fingerprint density at radius 1 is 1.29 bits per heavy atom. The van der Waals surface area contributed by atoms with Gasteiger partial charge in [0, 0.05) is 18.4 Å². The zero-order valence-corrected chi connectivity index (χ0v) is 16.6. The van der Waals surface area contributed by atoms with Gasteiger partial charge >= 0.3 is 0 Å². The fourth-order valence-electron chi connectivity index (χ4n) is 3.55. The zero-order valence-electron chi connectivity index (χ0n) is 16.6. The van der Waals surface area contributed by atoms with Gasteiger partial charge in [0.25, 0.3) is 11.7 Å². The number of aromatic amines is 1. The minimum absolute atomic E-state index is 0.0566. The van der Waals surface area contributed by atoms with Gasteiger partial charge in [0.15, 0.2) is 0 Å². The summed E-state index contributed by atoms with van der Waals surface area (Å²) in [7, 11) is 3.91. The Bertz CT molecular complexity index is 898. The molecule has 2 N–H and O–H groups in total. The number of likely N-dealkylation sites (tertiary alicyclic amines) is 1. The van der Waals surface area contributed by atoms with Crippen molar-refractivity contribution in [3.63, 3.8) is 0 Å². The van der Waals surface area contributed by atoms with E-state index in [-0.39, 0.29) is 11.3 Å². The summed E-state index contributed by atoms with van der Waals surface area (Å²) in [6, 6.07) is 4.61. The van der Waals surface area contributed by atoms with Gasteiger partial charge in [-0.3, -0.25) is 19.7 Å². The van der Waals surface area contributed by atoms with E-state index in [1.165, 1.54) is 4.90 Å². The minimum atomic E-state index is -0.725. The monoisotopic (exact) mass is 383 g/mol. The fourth-order valence-corrected chi connectivity index (χ4v) is 3.55. The molecule has 0 aliphatic carbocycles. The predicted octanol–water partition coefficient (Wildman–Crippen LogP) is 1.79. The number of pyridine rings is 1. The van der Waals surface area contributed by atoms with Gasteiger partial charge in [0.1, 0.15) is 11.8 Å². The van der Waals surface area contributed by atoms with E-state index in [9.17, 15) is 14.7 Å². The third-order valence-electron chi connectivity index (χ3n) is 4.88. The fraction of sp³-hybridized carbons (Fsp3) is 0.400. The molecule has 0 saturated carbocycles. The molecule has 1 aliphatic heterocycles. The summed E-state index contributed by atoms with van der Waals surface area (Å²) in [4.78, 5) is 33.5. The number of hydrogen-bond donors (Lipinski definition) is 2. The first-order valence-corrected chi connectivity index (χ1v) is 9.19. The van der Waals surface area contributed by atoms with Gasteiger partial charge in [-0.25, -0.2) is 0 Å². The van der Waals surface area contributed by atoms with E-state index in [4.69, 9.17) is 0 Å². The van der Waals surface area contributed by atoms with Crippen LogP contribution in [0.5, 0.6) is 0 Å². The summed E-state index contributed by atoms with van der Waals surface area (Å²) in [5, 5.41) is 17.9. The lowest BCUT2D eigenvalue weighted by molar-refractivity contribution is -0.140. The Labute approximate surface area is 163 Å². The van der Waals surface area contributed by atoms with E-state index < -0.39 is 17.7 Å². The maximum absolute atomic E-state index is 12.9. The highest BCUT2D eigenvalue weighted by Crippen LogP contribution is 2.39. The van der Waals surface area contributed by atoms with Crippen LogP contribution in [0.25, 0.3) is 5.76 Å². The number of hydrogen-bond acceptors (Lipinski definition) is 6. The first kappa shape index (κ1) is 19.8. The number of nitrogens with zero attached hydrogens (tertiary/aromatic N) is 4. The predicted molar refractivity (Wildman–Crippen MR) is 104 cm³/mol. The molecule has 0 aromatic carbocycles. The number of aromatic nitrogens is 3. The Kier molecular flexibility index (Phi) is 5.60. The lowest BCUT2D eigenvalue weighted by Crippen LogP contribution is -2.32. The number of rotatable bonds is 6. The number of H-pyrrole nitrogens is 1. The molecule has 3 heterocycles. The van der Waals surface area contributed by atoms with Crippen LogP contribution in [-0.2, 0) is 9.59 Å². The molecule has 1 fully saturated rings. The third kappa shape index (κ3) is 3.55. The van der Waals surface area contributed by atoms with Crippen LogP contribution in [0.4, 0.5) is 0 Å². The van der Waals surface area contributed by atoms with Crippen LogP contribution in [0.1, 0.15) is 35.1 Å². The van der Waals surface area contributed by atoms with Crippen molar-refractivity contribution in [3.8, 4) is 0 Å². The van der Waals surface area contributed by atoms with E-state index in [0.717, 1.165) is 6.54 Å². The van der Waals surface area contributed by atoms with Gasteiger partial charge in [-0.2, -0.15) is 5.10 Å². The topological polar surface area (TPSA) is 102 Å². The molecule has 0 radical (unpaired) electrons. The Balaban J connectivity index is 2.10. The van der Waals surface area contributed by atoms with Crippen LogP contribution in [0.3, 0.4) is 0 Å². The van der Waals surface area contributed by atoms with Gasteiger partial charge in [0.2, 0.25) is 0 Å². The van der Waals surface area contributed by atoms with E-state index in [2.05, 4.69) is 15.2 Å². The van der Waals surface area contributed by atoms with Crippen LogP contribution < -0.4 is 0 Å². The molecule has 1 atom stereocenters. The van der Waals surface area contributed by atoms with Crippen LogP contribution in [-0.4, -0.2) is 69.0 Å². The van der Waals surface area contributed by atoms with Crippen LogP contribution >= 0.6 is 0 Å². The van der Waals surface area contributed by atoms with Crippen LogP contribution in [0.2, 0.25) is 0 Å². The van der Waals surface area contributed by atoms with Crippen molar-refractivity contribution in [1.29, 1.82) is 0 Å². The summed E-state index contributed by atoms with van der Waals surface area (Å²) in [6.45, 7) is 4.67. The molecule has 8 heteroatoms. The molecule has 0 spiro atoms. The molecule has 148 valence electrons. The van der Waals surface area contributed by atoms with Gasteiger partial charge in [-0.1, -0.05) is 6.07 Å². The lowest BCUT2D eigenvalue weighted by atomic mass is 9.97. The Morgan fingerprint density at radius 3 is 2.61 bits per heavy atom. The number of carbonyl (C=O) groups is 2. The molecular weight excluding hydrogens is 358 g/mol. The number of aryl methyl sites for hydroxylation is 2. The largest absolute Gasteiger partial charge is 0.507 e. The van der Waals surface area contributed by atoms with Crippen molar-refractivity contribution in [3.05, 3.63) is 52.6 Å². The highest BCUT2D eigenvalue weighted by Gasteiger charge is 2.46. The van der Waals surface area contributed by atoms with Crippen molar-refractivity contribution in [2.75, 3.05) is 27.2 Å². The lowest BCUT2D eigenvalue weighted by Gasteiger charge is -2.25. The first-order valence-electron chi connectivity index (χ1n) is 9.19. The number of aliphatic hydroxyl groups excluding tert-OH is 1. The van der Waals surface area contributed by atoms with E-state index in [0.29, 0.717) is 35.6 Å². The first-order chi connectivity index (χ1) is 13.3. The highest BCUT2D eigenvalue weighted by atomic mass is 16.3.